The fraction of sp³-hybridized carbons (Fsp3) is 0.583. The van der Waals surface area contributed by atoms with Crippen LogP contribution in [0.15, 0.2) is 12.3 Å². The number of carboxylic acids is 1. The van der Waals surface area contributed by atoms with Gasteiger partial charge >= 0.3 is 5.97 Å². The SMILES string of the molecule is CC1CCC(CNc2nccc(C(=O)O)n2)C1. The first-order chi connectivity index (χ1) is 8.15. The van der Waals surface area contributed by atoms with Crippen molar-refractivity contribution in [3.8, 4) is 0 Å². The molecule has 2 unspecified atom stereocenters. The molecular weight excluding hydrogens is 218 g/mol. The molecule has 0 spiro atoms. The standard InChI is InChI=1S/C12H17N3O2/c1-8-2-3-9(6-8)7-14-12-13-5-4-10(15-12)11(16)17/h4-5,8-9H,2-3,6-7H2,1H3,(H,16,17)(H,13,14,15). The zero-order valence-electron chi connectivity index (χ0n) is 9.89. The smallest absolute Gasteiger partial charge is 0.354 e. The number of carbonyl (C=O) groups is 1. The molecule has 0 saturated heterocycles. The second kappa shape index (κ2) is 5.12. The molecule has 1 aromatic rings. The zero-order chi connectivity index (χ0) is 12.3. The van der Waals surface area contributed by atoms with Gasteiger partial charge < -0.3 is 10.4 Å². The minimum Gasteiger partial charge on any atom is -0.477 e. The van der Waals surface area contributed by atoms with Crippen LogP contribution in [0.5, 0.6) is 0 Å². The minimum absolute atomic E-state index is 0.0299. The molecular formula is C12H17N3O2. The van der Waals surface area contributed by atoms with Crippen molar-refractivity contribution in [2.45, 2.75) is 26.2 Å². The molecule has 0 radical (unpaired) electrons. The van der Waals surface area contributed by atoms with Gasteiger partial charge in [-0.25, -0.2) is 14.8 Å². The monoisotopic (exact) mass is 235 g/mol. The number of nitrogens with one attached hydrogen (secondary N) is 1. The maximum Gasteiger partial charge on any atom is 0.354 e. The van der Waals surface area contributed by atoms with E-state index >= 15 is 0 Å². The Morgan fingerprint density at radius 3 is 3.06 bits per heavy atom. The van der Waals surface area contributed by atoms with Crippen molar-refractivity contribution in [2.24, 2.45) is 11.8 Å². The van der Waals surface area contributed by atoms with E-state index in [-0.39, 0.29) is 5.69 Å². The van der Waals surface area contributed by atoms with Gasteiger partial charge in [-0.05, 0) is 30.7 Å². The second-order valence-electron chi connectivity index (χ2n) is 4.74. The number of carboxylic acid groups (broad SMARTS) is 1. The van der Waals surface area contributed by atoms with Gasteiger partial charge in [0.2, 0.25) is 5.95 Å². The van der Waals surface area contributed by atoms with Crippen LogP contribution in [0.4, 0.5) is 5.95 Å². The molecule has 2 N–H and O–H groups in total. The van der Waals surface area contributed by atoms with E-state index in [1.54, 1.807) is 0 Å². The summed E-state index contributed by atoms with van der Waals surface area (Å²) in [5.74, 6) is 0.838. The summed E-state index contributed by atoms with van der Waals surface area (Å²) in [6.07, 6.45) is 5.21. The Kier molecular flexibility index (Phi) is 3.56. The molecule has 1 aliphatic carbocycles. The summed E-state index contributed by atoms with van der Waals surface area (Å²) in [4.78, 5) is 18.7. The topological polar surface area (TPSA) is 75.1 Å². The summed E-state index contributed by atoms with van der Waals surface area (Å²) in [5, 5.41) is 11.9. The first kappa shape index (κ1) is 11.8. The number of aromatic nitrogens is 2. The fourth-order valence-electron chi connectivity index (χ4n) is 2.31. The van der Waals surface area contributed by atoms with Crippen LogP contribution < -0.4 is 5.32 Å². The quantitative estimate of drug-likeness (QED) is 0.835. The van der Waals surface area contributed by atoms with E-state index in [9.17, 15) is 4.79 Å². The maximum atomic E-state index is 10.7. The molecule has 92 valence electrons. The van der Waals surface area contributed by atoms with E-state index in [0.717, 1.165) is 12.5 Å². The van der Waals surface area contributed by atoms with Gasteiger partial charge in [-0.2, -0.15) is 0 Å². The normalized spacial score (nSPS) is 23.6. The summed E-state index contributed by atoms with van der Waals surface area (Å²) < 4.78 is 0. The van der Waals surface area contributed by atoms with E-state index in [4.69, 9.17) is 5.11 Å². The molecule has 0 aromatic carbocycles. The van der Waals surface area contributed by atoms with E-state index in [0.29, 0.717) is 11.9 Å². The van der Waals surface area contributed by atoms with Gasteiger partial charge in [-0.3, -0.25) is 0 Å². The van der Waals surface area contributed by atoms with E-state index < -0.39 is 5.97 Å². The average molecular weight is 235 g/mol. The van der Waals surface area contributed by atoms with E-state index in [1.807, 2.05) is 0 Å². The van der Waals surface area contributed by atoms with Gasteiger partial charge in [0.15, 0.2) is 5.69 Å². The lowest BCUT2D eigenvalue weighted by Gasteiger charge is -2.10. The first-order valence-corrected chi connectivity index (χ1v) is 5.95. The third-order valence-electron chi connectivity index (χ3n) is 3.23. The summed E-state index contributed by atoms with van der Waals surface area (Å²) in [7, 11) is 0. The summed E-state index contributed by atoms with van der Waals surface area (Å²) in [5.41, 5.74) is 0.0299. The number of rotatable bonds is 4. The zero-order valence-corrected chi connectivity index (χ0v) is 9.89. The molecule has 1 saturated carbocycles. The van der Waals surface area contributed by atoms with Crippen LogP contribution in [0.1, 0.15) is 36.7 Å². The van der Waals surface area contributed by atoms with Crippen molar-refractivity contribution in [1.29, 1.82) is 0 Å². The highest BCUT2D eigenvalue weighted by atomic mass is 16.4. The van der Waals surface area contributed by atoms with Crippen molar-refractivity contribution in [1.82, 2.24) is 9.97 Å². The number of aromatic carboxylic acids is 1. The molecule has 1 fully saturated rings. The molecule has 0 bridgehead atoms. The lowest BCUT2D eigenvalue weighted by atomic mass is 10.1. The molecule has 1 aliphatic rings. The Morgan fingerprint density at radius 2 is 2.41 bits per heavy atom. The Balaban J connectivity index is 1.90. The largest absolute Gasteiger partial charge is 0.477 e. The van der Waals surface area contributed by atoms with Crippen LogP contribution in [-0.2, 0) is 0 Å². The van der Waals surface area contributed by atoms with Crippen LogP contribution in [0.2, 0.25) is 0 Å². The molecule has 5 heteroatoms. The third kappa shape index (κ3) is 3.15. The molecule has 5 nitrogen and oxygen atoms in total. The van der Waals surface area contributed by atoms with E-state index in [1.165, 1.54) is 31.5 Å². The Hall–Kier alpha value is -1.65. The second-order valence-corrected chi connectivity index (χ2v) is 4.74. The lowest BCUT2D eigenvalue weighted by molar-refractivity contribution is 0.0690. The van der Waals surface area contributed by atoms with Crippen LogP contribution >= 0.6 is 0 Å². The Morgan fingerprint density at radius 1 is 1.59 bits per heavy atom. The van der Waals surface area contributed by atoms with Crippen LogP contribution in [0.25, 0.3) is 0 Å². The number of nitrogens with zero attached hydrogens (tertiary/aromatic N) is 2. The number of anilines is 1. The Labute approximate surface area is 100 Å². The van der Waals surface area contributed by atoms with Gasteiger partial charge in [0, 0.05) is 12.7 Å². The average Bonchev–Trinajstić information content (AvgIpc) is 2.73. The molecule has 0 aliphatic heterocycles. The first-order valence-electron chi connectivity index (χ1n) is 5.95. The highest BCUT2D eigenvalue weighted by Gasteiger charge is 2.21. The maximum absolute atomic E-state index is 10.7. The van der Waals surface area contributed by atoms with E-state index in [2.05, 4.69) is 22.2 Å². The molecule has 0 amide bonds. The van der Waals surface area contributed by atoms with Gasteiger partial charge in [0.05, 0.1) is 0 Å². The lowest BCUT2D eigenvalue weighted by Crippen LogP contribution is -2.14. The molecule has 2 rings (SSSR count). The molecule has 1 aromatic heterocycles. The summed E-state index contributed by atoms with van der Waals surface area (Å²) in [6, 6.07) is 1.39. The van der Waals surface area contributed by atoms with Crippen LogP contribution in [-0.4, -0.2) is 27.6 Å². The van der Waals surface area contributed by atoms with Crippen molar-refractivity contribution in [3.63, 3.8) is 0 Å². The highest BCUT2D eigenvalue weighted by Crippen LogP contribution is 2.30. The van der Waals surface area contributed by atoms with Crippen molar-refractivity contribution >= 4 is 11.9 Å². The number of hydrogen-bond donors (Lipinski definition) is 2. The molecule has 2 atom stereocenters. The number of hydrogen-bond acceptors (Lipinski definition) is 4. The minimum atomic E-state index is -1.02. The Bertz CT molecular complexity index is 408. The third-order valence-corrected chi connectivity index (χ3v) is 3.23. The van der Waals surface area contributed by atoms with Crippen LogP contribution in [0, 0.1) is 11.8 Å². The van der Waals surface area contributed by atoms with Gasteiger partial charge in [-0.1, -0.05) is 13.3 Å². The van der Waals surface area contributed by atoms with Gasteiger partial charge in [-0.15, -0.1) is 0 Å². The molecule has 1 heterocycles. The van der Waals surface area contributed by atoms with Crippen molar-refractivity contribution in [3.05, 3.63) is 18.0 Å². The molecule has 17 heavy (non-hydrogen) atoms. The highest BCUT2D eigenvalue weighted by molar-refractivity contribution is 5.85. The predicted octanol–water partition coefficient (Wildman–Crippen LogP) is 2.02. The van der Waals surface area contributed by atoms with Crippen molar-refractivity contribution in [2.75, 3.05) is 11.9 Å². The fourth-order valence-corrected chi connectivity index (χ4v) is 2.31. The summed E-state index contributed by atoms with van der Waals surface area (Å²) >= 11 is 0. The van der Waals surface area contributed by atoms with Gasteiger partial charge in [0.25, 0.3) is 0 Å². The van der Waals surface area contributed by atoms with Crippen LogP contribution in [0.3, 0.4) is 0 Å². The predicted molar refractivity (Wildman–Crippen MR) is 64.0 cm³/mol. The van der Waals surface area contributed by atoms with Crippen molar-refractivity contribution < 1.29 is 9.90 Å². The summed E-state index contributed by atoms with van der Waals surface area (Å²) in [6.45, 7) is 3.09. The van der Waals surface area contributed by atoms with Gasteiger partial charge in [0.1, 0.15) is 0 Å².